The molecule has 8 heteroatoms. The van der Waals surface area contributed by atoms with Crippen LogP contribution in [0.3, 0.4) is 0 Å². The maximum absolute atomic E-state index is 13.5. The quantitative estimate of drug-likeness (QED) is 0.168. The van der Waals surface area contributed by atoms with E-state index in [0.717, 1.165) is 60.4 Å². The Morgan fingerprint density at radius 1 is 1.20 bits per heavy atom. The molecule has 4 rings (SSSR count). The number of halogens is 1. The summed E-state index contributed by atoms with van der Waals surface area (Å²) in [5.74, 6) is 0.364. The van der Waals surface area contributed by atoms with E-state index in [1.165, 1.54) is 0 Å². The van der Waals surface area contributed by atoms with Crippen molar-refractivity contribution < 1.29 is 19.4 Å². The van der Waals surface area contributed by atoms with E-state index in [9.17, 15) is 9.59 Å². The predicted molar refractivity (Wildman–Crippen MR) is 164 cm³/mol. The minimum Gasteiger partial charge on any atom is -0.498 e. The van der Waals surface area contributed by atoms with Gasteiger partial charge in [0, 0.05) is 29.9 Å². The second-order valence-electron chi connectivity index (χ2n) is 10.2. The highest BCUT2D eigenvalue weighted by molar-refractivity contribution is 6.19. The average Bonchev–Trinajstić information content (AvgIpc) is 3.13. The van der Waals surface area contributed by atoms with E-state index in [2.05, 4.69) is 24.4 Å². The summed E-state index contributed by atoms with van der Waals surface area (Å²) in [6, 6.07) is 5.29. The fourth-order valence-corrected chi connectivity index (χ4v) is 5.21. The standard InChI is InChI=1S/C33H38ClN3O4/c1-2-11-23(12-9-20-34)32-28(14-7-8-17-31(38)39)35-29-22-24(18-19-27(29)36-32)33(40)37-26-15-10-21-41-30-16-6-4-3-5-13-25(26)30/h3-5,9,11-13,18-19,22,26H,2,6-8,10,14-17,20-21H2,1H3,(H,37,40)(H,38,39)/b4-3-,12-9-,13-5-,23-11+. The fraction of sp³-hybridized carbons (Fsp3) is 0.394. The molecule has 1 unspecified atom stereocenters. The van der Waals surface area contributed by atoms with Crippen LogP contribution in [0.1, 0.15) is 80.0 Å². The number of carbonyl (C=O) groups is 2. The van der Waals surface area contributed by atoms with E-state index < -0.39 is 5.97 Å². The molecule has 2 aromatic rings. The zero-order valence-electron chi connectivity index (χ0n) is 23.6. The maximum Gasteiger partial charge on any atom is 0.303 e. The van der Waals surface area contributed by atoms with E-state index in [0.29, 0.717) is 48.3 Å². The van der Waals surface area contributed by atoms with Crippen LogP contribution in [0, 0.1) is 0 Å². The van der Waals surface area contributed by atoms with E-state index in [4.69, 9.17) is 31.4 Å². The monoisotopic (exact) mass is 575 g/mol. The lowest BCUT2D eigenvalue weighted by molar-refractivity contribution is -0.137. The number of aliphatic carboxylic acids is 1. The fourth-order valence-electron chi connectivity index (χ4n) is 5.12. The van der Waals surface area contributed by atoms with Crippen LogP contribution in [-0.2, 0) is 16.0 Å². The highest BCUT2D eigenvalue weighted by atomic mass is 35.5. The summed E-state index contributed by atoms with van der Waals surface area (Å²) in [6.07, 6.45) is 20.2. The van der Waals surface area contributed by atoms with Gasteiger partial charge in [-0.1, -0.05) is 49.5 Å². The highest BCUT2D eigenvalue weighted by Gasteiger charge is 2.24. The molecular weight excluding hydrogens is 538 g/mol. The lowest BCUT2D eigenvalue weighted by Gasteiger charge is -2.20. The van der Waals surface area contributed by atoms with Crippen LogP contribution in [0.25, 0.3) is 16.6 Å². The van der Waals surface area contributed by atoms with E-state index in [1.807, 2.05) is 36.4 Å². The molecule has 41 heavy (non-hydrogen) atoms. The van der Waals surface area contributed by atoms with Crippen molar-refractivity contribution in [3.05, 3.63) is 89.0 Å². The van der Waals surface area contributed by atoms with Crippen molar-refractivity contribution in [3.8, 4) is 0 Å². The topological polar surface area (TPSA) is 101 Å². The van der Waals surface area contributed by atoms with Gasteiger partial charge in [-0.05, 0) is 68.7 Å². The number of carbonyl (C=O) groups excluding carboxylic acids is 1. The Kier molecular flexibility index (Phi) is 11.3. The predicted octanol–water partition coefficient (Wildman–Crippen LogP) is 7.08. The van der Waals surface area contributed by atoms with Crippen LogP contribution < -0.4 is 5.32 Å². The van der Waals surface area contributed by atoms with Gasteiger partial charge < -0.3 is 15.2 Å². The molecule has 1 aliphatic carbocycles. The number of alkyl halides is 1. The number of carboxylic acids is 1. The number of amides is 1. The van der Waals surface area contributed by atoms with Gasteiger partial charge >= 0.3 is 5.97 Å². The van der Waals surface area contributed by atoms with Crippen LogP contribution in [0.2, 0.25) is 0 Å². The van der Waals surface area contributed by atoms with Gasteiger partial charge in [0.15, 0.2) is 0 Å². The molecule has 216 valence electrons. The number of rotatable bonds is 11. The Balaban J connectivity index is 1.64. The molecule has 0 saturated heterocycles. The molecule has 0 saturated carbocycles. The molecule has 0 fully saturated rings. The minimum atomic E-state index is -0.809. The Labute approximate surface area is 246 Å². The largest absolute Gasteiger partial charge is 0.498 e. The van der Waals surface area contributed by atoms with Gasteiger partial charge in [-0.25, -0.2) is 9.97 Å². The van der Waals surface area contributed by atoms with Gasteiger partial charge in [0.05, 0.1) is 35.1 Å². The molecule has 2 heterocycles. The third-order valence-electron chi connectivity index (χ3n) is 7.11. The van der Waals surface area contributed by atoms with Crippen molar-refractivity contribution >= 4 is 40.1 Å². The van der Waals surface area contributed by atoms with Crippen molar-refractivity contribution in [2.45, 2.75) is 70.8 Å². The number of aromatic nitrogens is 2. The first kappa shape index (κ1) is 30.3. The van der Waals surface area contributed by atoms with Crippen molar-refractivity contribution in [2.24, 2.45) is 0 Å². The summed E-state index contributed by atoms with van der Waals surface area (Å²) in [4.78, 5) is 34.4. The Bertz CT molecular complexity index is 1410. The Hall–Kier alpha value is -3.71. The molecule has 1 aliphatic heterocycles. The summed E-state index contributed by atoms with van der Waals surface area (Å²) in [7, 11) is 0. The molecular formula is C33H38ClN3O4. The number of hydrogen-bond acceptors (Lipinski definition) is 5. The summed E-state index contributed by atoms with van der Waals surface area (Å²) in [5, 5.41) is 12.3. The summed E-state index contributed by atoms with van der Waals surface area (Å²) >= 11 is 5.92. The van der Waals surface area contributed by atoms with Gasteiger partial charge in [0.25, 0.3) is 5.91 Å². The molecule has 0 bridgehead atoms. The SMILES string of the molecule is CC/C=C(\C=C/CCl)c1nc2ccc(C(=O)NC3CCCOC4=C3/C=C\C=C/CC4)cc2nc1CCCCC(=O)O. The van der Waals surface area contributed by atoms with Gasteiger partial charge in [0.1, 0.15) is 5.76 Å². The first-order valence-electron chi connectivity index (χ1n) is 14.5. The smallest absolute Gasteiger partial charge is 0.303 e. The van der Waals surface area contributed by atoms with Gasteiger partial charge in [-0.2, -0.15) is 0 Å². The van der Waals surface area contributed by atoms with Crippen LogP contribution in [0.15, 0.2) is 72.1 Å². The van der Waals surface area contributed by atoms with Crippen molar-refractivity contribution in [1.82, 2.24) is 15.3 Å². The molecule has 2 aliphatic rings. The van der Waals surface area contributed by atoms with E-state index >= 15 is 0 Å². The van der Waals surface area contributed by atoms with Crippen LogP contribution in [-0.4, -0.2) is 45.5 Å². The second-order valence-corrected chi connectivity index (χ2v) is 10.5. The minimum absolute atomic E-state index is 0.111. The van der Waals surface area contributed by atoms with Gasteiger partial charge in [-0.3, -0.25) is 9.59 Å². The van der Waals surface area contributed by atoms with Crippen LogP contribution >= 0.6 is 11.6 Å². The Morgan fingerprint density at radius 2 is 2.07 bits per heavy atom. The zero-order chi connectivity index (χ0) is 29.0. The molecule has 1 atom stereocenters. The highest BCUT2D eigenvalue weighted by Crippen LogP contribution is 2.27. The first-order chi connectivity index (χ1) is 20.0. The van der Waals surface area contributed by atoms with E-state index in [-0.39, 0.29) is 18.4 Å². The number of fused-ring (bicyclic) bond motifs is 1. The third kappa shape index (κ3) is 8.40. The van der Waals surface area contributed by atoms with Gasteiger partial charge in [-0.15, -0.1) is 11.6 Å². The lowest BCUT2D eigenvalue weighted by atomic mass is 9.97. The van der Waals surface area contributed by atoms with E-state index in [1.54, 1.807) is 12.1 Å². The third-order valence-corrected chi connectivity index (χ3v) is 7.29. The van der Waals surface area contributed by atoms with Crippen LogP contribution in [0.5, 0.6) is 0 Å². The number of hydrogen-bond donors (Lipinski definition) is 2. The molecule has 0 radical (unpaired) electrons. The summed E-state index contributed by atoms with van der Waals surface area (Å²) in [6.45, 7) is 2.71. The number of aryl methyl sites for hydroxylation is 1. The second kappa shape index (κ2) is 15.3. The molecule has 0 spiro atoms. The van der Waals surface area contributed by atoms with Gasteiger partial charge in [0.2, 0.25) is 0 Å². The molecule has 1 aromatic carbocycles. The average molecular weight is 576 g/mol. The summed E-state index contributed by atoms with van der Waals surface area (Å²) < 4.78 is 6.03. The number of nitrogens with zero attached hydrogens (tertiary/aromatic N) is 2. The number of ether oxygens (including phenoxy) is 1. The van der Waals surface area contributed by atoms with Crippen LogP contribution in [0.4, 0.5) is 0 Å². The Morgan fingerprint density at radius 3 is 2.88 bits per heavy atom. The molecule has 1 aromatic heterocycles. The maximum atomic E-state index is 13.5. The number of carboxylic acid groups (broad SMARTS) is 1. The number of benzene rings is 1. The molecule has 2 N–H and O–H groups in total. The molecule has 7 nitrogen and oxygen atoms in total. The normalized spacial score (nSPS) is 19.2. The zero-order valence-corrected chi connectivity index (χ0v) is 24.3. The van der Waals surface area contributed by atoms with Crippen molar-refractivity contribution in [3.63, 3.8) is 0 Å². The van der Waals surface area contributed by atoms with Crippen molar-refractivity contribution in [1.29, 1.82) is 0 Å². The molecule has 1 amide bonds. The van der Waals surface area contributed by atoms with Crippen molar-refractivity contribution in [2.75, 3.05) is 12.5 Å². The summed E-state index contributed by atoms with van der Waals surface area (Å²) in [5.41, 5.74) is 5.35. The first-order valence-corrected chi connectivity index (χ1v) is 15.0. The number of nitrogens with one attached hydrogen (secondary N) is 1. The lowest BCUT2D eigenvalue weighted by Crippen LogP contribution is -2.36. The number of unbranched alkanes of at least 4 members (excludes halogenated alkanes) is 1. The number of allylic oxidation sites excluding steroid dienone is 8.